The van der Waals surface area contributed by atoms with Gasteiger partial charge in [-0.25, -0.2) is 35.1 Å². The minimum Gasteiger partial charge on any atom is -0.491 e. The monoisotopic (exact) mass is 694 g/mol. The van der Waals surface area contributed by atoms with E-state index < -0.39 is 41.8 Å². The second kappa shape index (κ2) is 13.7. The summed E-state index contributed by atoms with van der Waals surface area (Å²) in [6, 6.07) is 18.5. The zero-order chi connectivity index (χ0) is 33.2. The van der Waals surface area contributed by atoms with Gasteiger partial charge in [0.1, 0.15) is 18.5 Å². The number of aliphatic hydroxyl groups is 1. The second-order valence-corrected chi connectivity index (χ2v) is 16.8. The molecule has 2 saturated heterocycles. The van der Waals surface area contributed by atoms with Crippen molar-refractivity contribution in [3.63, 3.8) is 0 Å². The van der Waals surface area contributed by atoms with Crippen LogP contribution in [0.25, 0.3) is 11.1 Å². The van der Waals surface area contributed by atoms with Crippen LogP contribution in [0.3, 0.4) is 0 Å². The Hall–Kier alpha value is -2.93. The molecule has 2 heterocycles. The van der Waals surface area contributed by atoms with Gasteiger partial charge in [0.2, 0.25) is 30.1 Å². The molecule has 1 spiro atoms. The van der Waals surface area contributed by atoms with Gasteiger partial charge in [-0.2, -0.15) is 4.31 Å². The number of hydrogen-bond donors (Lipinski definition) is 4. The van der Waals surface area contributed by atoms with Crippen molar-refractivity contribution >= 4 is 30.1 Å². The number of hydrogen-bond acceptors (Lipinski definition) is 10. The minimum atomic E-state index is -3.84. The third-order valence-electron chi connectivity index (χ3n) is 8.30. The Morgan fingerprint density at radius 1 is 0.935 bits per heavy atom. The van der Waals surface area contributed by atoms with Crippen molar-refractivity contribution in [2.24, 2.45) is 5.14 Å². The first-order chi connectivity index (χ1) is 21.7. The van der Waals surface area contributed by atoms with E-state index in [1.165, 1.54) is 35.6 Å². The molecule has 2 aliphatic rings. The first-order valence-corrected chi connectivity index (χ1v) is 19.1. The predicted molar refractivity (Wildman–Crippen MR) is 171 cm³/mol. The van der Waals surface area contributed by atoms with Crippen LogP contribution in [0.4, 0.5) is 0 Å². The summed E-state index contributed by atoms with van der Waals surface area (Å²) >= 11 is 0. The van der Waals surface area contributed by atoms with Crippen molar-refractivity contribution in [2.45, 2.75) is 51.7 Å². The molecule has 3 aromatic carbocycles. The molecule has 0 aromatic heterocycles. The zero-order valence-corrected chi connectivity index (χ0v) is 27.7. The van der Waals surface area contributed by atoms with Gasteiger partial charge < -0.3 is 19.9 Å². The number of aliphatic hydroxyl groups excluding tert-OH is 1. The Morgan fingerprint density at radius 2 is 1.61 bits per heavy atom. The molecule has 2 fully saturated rings. The number of sulfonamides is 3. The lowest BCUT2D eigenvalue weighted by atomic mass is 9.88. The molecule has 46 heavy (non-hydrogen) atoms. The molecular formula is C30H38N4O9S3. The lowest BCUT2D eigenvalue weighted by Crippen LogP contribution is -2.47. The molecular weight excluding hydrogens is 657 g/mol. The van der Waals surface area contributed by atoms with Gasteiger partial charge >= 0.3 is 0 Å². The van der Waals surface area contributed by atoms with E-state index in [-0.39, 0.29) is 33.9 Å². The molecule has 250 valence electrons. The van der Waals surface area contributed by atoms with E-state index >= 15 is 0 Å². The standard InChI is InChI=1S/C30H38N4O9S3/c1-32-45(38,39)28-6-3-5-26(17-28)42-21-25(35)19-33-24-18-30(43-20-24)12-14-34(15-13-30)46(40,41)29-7-2-4-23(16-29)22-8-10-27(11-9-22)44(31,36)37/h2-11,16-17,24-25,32-33,35H,12-15,18-21H2,1H3,(H2,31,36,37)/t24-,25-/m0/s1. The smallest absolute Gasteiger partial charge is 0.243 e. The summed E-state index contributed by atoms with van der Waals surface area (Å²) in [4.78, 5) is 0.188. The Morgan fingerprint density at radius 3 is 2.28 bits per heavy atom. The minimum absolute atomic E-state index is 0.0257. The fraction of sp³-hybridized carbons (Fsp3) is 0.400. The van der Waals surface area contributed by atoms with Gasteiger partial charge in [0.15, 0.2) is 0 Å². The molecule has 3 aromatic rings. The fourth-order valence-electron chi connectivity index (χ4n) is 5.68. The number of benzene rings is 3. The topological polar surface area (TPSA) is 194 Å². The summed E-state index contributed by atoms with van der Waals surface area (Å²) in [7, 11) is -9.91. The van der Waals surface area contributed by atoms with Crippen LogP contribution in [0, 0.1) is 0 Å². The quantitative estimate of drug-likeness (QED) is 0.214. The molecule has 0 unspecified atom stereocenters. The number of ether oxygens (including phenoxy) is 2. The molecule has 2 atom stereocenters. The largest absolute Gasteiger partial charge is 0.491 e. The number of nitrogens with two attached hydrogens (primary N) is 1. The molecule has 5 rings (SSSR count). The number of rotatable bonds is 12. The molecule has 0 amide bonds. The Bertz CT molecular complexity index is 1860. The summed E-state index contributed by atoms with van der Waals surface area (Å²) < 4.78 is 89.7. The average Bonchev–Trinajstić information content (AvgIpc) is 3.44. The van der Waals surface area contributed by atoms with E-state index in [9.17, 15) is 30.4 Å². The summed E-state index contributed by atoms with van der Waals surface area (Å²) in [6.45, 7) is 1.21. The Kier molecular flexibility index (Phi) is 10.2. The first kappa shape index (κ1) is 34.4. The van der Waals surface area contributed by atoms with Gasteiger partial charge in [-0.1, -0.05) is 30.3 Å². The van der Waals surface area contributed by atoms with E-state index in [1.54, 1.807) is 48.5 Å². The number of piperidine rings is 1. The lowest BCUT2D eigenvalue weighted by molar-refractivity contribution is -0.0312. The fourth-order valence-corrected chi connectivity index (χ4v) is 8.45. The van der Waals surface area contributed by atoms with Gasteiger partial charge in [-0.3, -0.25) is 0 Å². The zero-order valence-electron chi connectivity index (χ0n) is 25.2. The van der Waals surface area contributed by atoms with E-state index in [1.807, 2.05) is 0 Å². The van der Waals surface area contributed by atoms with Crippen LogP contribution in [0.2, 0.25) is 0 Å². The molecule has 0 saturated carbocycles. The number of primary sulfonamides is 1. The van der Waals surface area contributed by atoms with E-state index in [4.69, 9.17) is 14.6 Å². The van der Waals surface area contributed by atoms with Crippen molar-refractivity contribution in [2.75, 3.05) is 39.9 Å². The molecule has 5 N–H and O–H groups in total. The number of nitrogens with zero attached hydrogens (tertiary/aromatic N) is 1. The Labute approximate surface area is 269 Å². The maximum absolute atomic E-state index is 13.6. The van der Waals surface area contributed by atoms with Crippen LogP contribution in [0.1, 0.15) is 19.3 Å². The van der Waals surface area contributed by atoms with Crippen molar-refractivity contribution < 1.29 is 39.8 Å². The van der Waals surface area contributed by atoms with Gasteiger partial charge in [0, 0.05) is 31.7 Å². The third-order valence-corrected chi connectivity index (χ3v) is 12.5. The predicted octanol–water partition coefficient (Wildman–Crippen LogP) is 1.25. The van der Waals surface area contributed by atoms with Crippen LogP contribution in [-0.4, -0.2) is 92.3 Å². The molecule has 13 nitrogen and oxygen atoms in total. The van der Waals surface area contributed by atoms with Crippen LogP contribution >= 0.6 is 0 Å². The third kappa shape index (κ3) is 7.95. The molecule has 0 aliphatic carbocycles. The van der Waals surface area contributed by atoms with Crippen molar-refractivity contribution in [1.82, 2.24) is 14.3 Å². The van der Waals surface area contributed by atoms with Crippen LogP contribution in [0.5, 0.6) is 5.75 Å². The highest BCUT2D eigenvalue weighted by atomic mass is 32.2. The lowest BCUT2D eigenvalue weighted by Gasteiger charge is -2.38. The average molecular weight is 695 g/mol. The van der Waals surface area contributed by atoms with Crippen molar-refractivity contribution in [3.05, 3.63) is 72.8 Å². The van der Waals surface area contributed by atoms with E-state index in [0.717, 1.165) is 0 Å². The van der Waals surface area contributed by atoms with Gasteiger partial charge in [-0.05, 0) is 73.8 Å². The summed E-state index contributed by atoms with van der Waals surface area (Å²) in [6.07, 6.45) is 0.867. The van der Waals surface area contributed by atoms with Gasteiger partial charge in [0.05, 0.1) is 26.9 Å². The summed E-state index contributed by atoms with van der Waals surface area (Å²) in [5, 5.41) is 18.9. The normalized spacial score (nSPS) is 19.7. The highest BCUT2D eigenvalue weighted by Crippen LogP contribution is 2.37. The molecule has 2 aliphatic heterocycles. The maximum atomic E-state index is 13.6. The maximum Gasteiger partial charge on any atom is 0.243 e. The van der Waals surface area contributed by atoms with Crippen LogP contribution in [-0.2, 0) is 34.8 Å². The molecule has 0 bridgehead atoms. The SMILES string of the molecule is CNS(=O)(=O)c1cccc(OC[C@@H](O)CN[C@@H]2COC3(CCN(S(=O)(=O)c4cccc(-c5ccc(S(N)(=O)=O)cc5)c4)CC3)C2)c1. The second-order valence-electron chi connectivity index (χ2n) is 11.5. The van der Waals surface area contributed by atoms with Crippen molar-refractivity contribution in [1.29, 1.82) is 0 Å². The highest BCUT2D eigenvalue weighted by Gasteiger charge is 2.44. The highest BCUT2D eigenvalue weighted by molar-refractivity contribution is 7.89. The number of nitrogens with one attached hydrogen (secondary N) is 2. The molecule has 16 heteroatoms. The van der Waals surface area contributed by atoms with Crippen LogP contribution in [0.15, 0.2) is 87.5 Å². The van der Waals surface area contributed by atoms with Crippen LogP contribution < -0.4 is 19.9 Å². The summed E-state index contributed by atoms with van der Waals surface area (Å²) in [5.41, 5.74) is 0.828. The first-order valence-electron chi connectivity index (χ1n) is 14.7. The summed E-state index contributed by atoms with van der Waals surface area (Å²) in [5.74, 6) is 0.325. The van der Waals surface area contributed by atoms with E-state index in [0.29, 0.717) is 55.8 Å². The van der Waals surface area contributed by atoms with Crippen molar-refractivity contribution in [3.8, 4) is 16.9 Å². The molecule has 0 radical (unpaired) electrons. The van der Waals surface area contributed by atoms with Gasteiger partial charge in [-0.15, -0.1) is 0 Å². The van der Waals surface area contributed by atoms with E-state index in [2.05, 4.69) is 10.0 Å². The van der Waals surface area contributed by atoms with Gasteiger partial charge in [0.25, 0.3) is 0 Å². The Balaban J connectivity index is 1.11.